The smallest absolute Gasteiger partial charge is 0.186 e. The maximum atomic E-state index is 4.66. The summed E-state index contributed by atoms with van der Waals surface area (Å²) in [5.74, 6) is 0. The number of fused-ring (bicyclic) bond motifs is 1. The summed E-state index contributed by atoms with van der Waals surface area (Å²) >= 11 is 1.71. The fraction of sp³-hybridized carbons (Fsp3) is 0.500. The van der Waals surface area contributed by atoms with E-state index in [9.17, 15) is 0 Å². The molecule has 0 saturated carbocycles. The van der Waals surface area contributed by atoms with Crippen molar-refractivity contribution in [2.45, 2.75) is 39.8 Å². The first-order valence-electron chi connectivity index (χ1n) is 5.58. The third-order valence-corrected chi connectivity index (χ3v) is 3.53. The largest absolute Gasteiger partial charge is 0.343 e. The fourth-order valence-corrected chi connectivity index (χ4v) is 3.12. The predicted molar refractivity (Wildman–Crippen MR) is 70.2 cm³/mol. The molecule has 0 amide bonds. The Balaban J connectivity index is 2.45. The molecule has 0 spiro atoms. The summed E-state index contributed by atoms with van der Waals surface area (Å²) in [5, 5.41) is 1.09. The van der Waals surface area contributed by atoms with Gasteiger partial charge in [0.1, 0.15) is 0 Å². The van der Waals surface area contributed by atoms with E-state index in [1.165, 1.54) is 0 Å². The minimum absolute atomic E-state index is 0.466. The van der Waals surface area contributed by atoms with E-state index in [0.717, 1.165) is 15.3 Å². The molecule has 2 rings (SSSR count). The van der Waals surface area contributed by atoms with Gasteiger partial charge < -0.3 is 4.90 Å². The van der Waals surface area contributed by atoms with Crippen molar-refractivity contribution in [3.8, 4) is 0 Å². The van der Waals surface area contributed by atoms with Crippen LogP contribution in [0.2, 0.25) is 0 Å². The summed E-state index contributed by atoms with van der Waals surface area (Å²) in [4.78, 5) is 11.1. The van der Waals surface area contributed by atoms with Gasteiger partial charge in [-0.1, -0.05) is 11.3 Å². The Morgan fingerprint density at radius 2 is 1.88 bits per heavy atom. The Labute approximate surface area is 100 Å². The van der Waals surface area contributed by atoms with Crippen molar-refractivity contribution in [2.24, 2.45) is 0 Å². The van der Waals surface area contributed by atoms with E-state index in [2.05, 4.69) is 42.6 Å². The van der Waals surface area contributed by atoms with Gasteiger partial charge in [-0.05, 0) is 33.8 Å². The van der Waals surface area contributed by atoms with Gasteiger partial charge in [0.25, 0.3) is 0 Å². The van der Waals surface area contributed by atoms with Crippen LogP contribution in [-0.4, -0.2) is 22.1 Å². The Morgan fingerprint density at radius 3 is 2.44 bits per heavy atom. The van der Waals surface area contributed by atoms with Crippen LogP contribution in [-0.2, 0) is 0 Å². The summed E-state index contributed by atoms with van der Waals surface area (Å²) < 4.78 is 1.16. The molecule has 0 saturated heterocycles. The summed E-state index contributed by atoms with van der Waals surface area (Å²) in [7, 11) is 0. The second-order valence-corrected chi connectivity index (χ2v) is 5.44. The number of hydrogen-bond acceptors (Lipinski definition) is 4. The maximum absolute atomic E-state index is 4.66. The third-order valence-electron chi connectivity index (χ3n) is 2.51. The first-order valence-corrected chi connectivity index (χ1v) is 6.40. The number of hydrogen-bond donors (Lipinski definition) is 0. The van der Waals surface area contributed by atoms with E-state index in [0.29, 0.717) is 12.1 Å². The van der Waals surface area contributed by atoms with E-state index in [4.69, 9.17) is 0 Å². The van der Waals surface area contributed by atoms with Crippen LogP contribution in [0, 0.1) is 0 Å². The molecule has 0 aliphatic heterocycles. The average molecular weight is 235 g/mol. The van der Waals surface area contributed by atoms with Crippen LogP contribution in [0.4, 0.5) is 5.13 Å². The molecule has 4 heteroatoms. The van der Waals surface area contributed by atoms with Gasteiger partial charge in [0.05, 0.1) is 10.2 Å². The van der Waals surface area contributed by atoms with Crippen LogP contribution in [0.5, 0.6) is 0 Å². The molecule has 0 radical (unpaired) electrons. The lowest BCUT2D eigenvalue weighted by Gasteiger charge is -2.30. The highest BCUT2D eigenvalue weighted by Gasteiger charge is 2.17. The van der Waals surface area contributed by atoms with Gasteiger partial charge in [0.2, 0.25) is 0 Å². The monoisotopic (exact) mass is 235 g/mol. The molecule has 0 aromatic carbocycles. The molecular formula is C12H17N3S. The lowest BCUT2D eigenvalue weighted by molar-refractivity contribution is 0.607. The van der Waals surface area contributed by atoms with Crippen LogP contribution < -0.4 is 4.90 Å². The number of thiazole rings is 1. The zero-order valence-corrected chi connectivity index (χ0v) is 11.0. The van der Waals surface area contributed by atoms with Crippen molar-refractivity contribution < 1.29 is 0 Å². The molecule has 0 fully saturated rings. The molecule has 0 bridgehead atoms. The highest BCUT2D eigenvalue weighted by molar-refractivity contribution is 7.22. The van der Waals surface area contributed by atoms with Gasteiger partial charge in [-0.25, -0.2) is 4.98 Å². The van der Waals surface area contributed by atoms with E-state index >= 15 is 0 Å². The number of nitrogens with zero attached hydrogens (tertiary/aromatic N) is 3. The third kappa shape index (κ3) is 2.02. The fourth-order valence-electron chi connectivity index (χ4n) is 1.92. The Kier molecular flexibility index (Phi) is 3.10. The number of pyridine rings is 1. The summed E-state index contributed by atoms with van der Waals surface area (Å²) in [5.41, 5.74) is 1.04. The second kappa shape index (κ2) is 4.37. The normalized spacial score (nSPS) is 11.6. The van der Waals surface area contributed by atoms with Crippen molar-refractivity contribution in [1.82, 2.24) is 9.97 Å². The Bertz CT molecular complexity index is 435. The van der Waals surface area contributed by atoms with Crippen molar-refractivity contribution in [3.05, 3.63) is 18.5 Å². The SMILES string of the molecule is CC(C)N(c1nc2ccncc2s1)C(C)C. The van der Waals surface area contributed by atoms with Crippen molar-refractivity contribution in [3.63, 3.8) is 0 Å². The Morgan fingerprint density at radius 1 is 1.19 bits per heavy atom. The Hall–Kier alpha value is -1.16. The highest BCUT2D eigenvalue weighted by Crippen LogP contribution is 2.30. The highest BCUT2D eigenvalue weighted by atomic mass is 32.1. The van der Waals surface area contributed by atoms with E-state index in [1.54, 1.807) is 17.5 Å². The molecule has 0 N–H and O–H groups in total. The van der Waals surface area contributed by atoms with Crippen LogP contribution in [0.1, 0.15) is 27.7 Å². The van der Waals surface area contributed by atoms with Crippen LogP contribution in [0.25, 0.3) is 10.2 Å². The van der Waals surface area contributed by atoms with Crippen LogP contribution >= 0.6 is 11.3 Å². The zero-order chi connectivity index (χ0) is 11.7. The van der Waals surface area contributed by atoms with Crippen LogP contribution in [0.3, 0.4) is 0 Å². The first-order chi connectivity index (χ1) is 7.59. The van der Waals surface area contributed by atoms with Crippen molar-refractivity contribution in [2.75, 3.05) is 4.90 Å². The minimum atomic E-state index is 0.466. The molecule has 2 heterocycles. The van der Waals surface area contributed by atoms with Crippen molar-refractivity contribution >= 4 is 26.7 Å². The van der Waals surface area contributed by atoms with Gasteiger partial charge in [-0.3, -0.25) is 4.98 Å². The maximum Gasteiger partial charge on any atom is 0.186 e. The van der Waals surface area contributed by atoms with Gasteiger partial charge in [-0.15, -0.1) is 0 Å². The lowest BCUT2D eigenvalue weighted by atomic mass is 10.2. The molecular weight excluding hydrogens is 218 g/mol. The summed E-state index contributed by atoms with van der Waals surface area (Å²) in [6.45, 7) is 8.79. The van der Waals surface area contributed by atoms with Gasteiger partial charge in [0.15, 0.2) is 5.13 Å². The predicted octanol–water partition coefficient (Wildman–Crippen LogP) is 3.31. The molecule has 0 aliphatic rings. The average Bonchev–Trinajstić information content (AvgIpc) is 2.58. The standard InChI is InChI=1S/C12H17N3S/c1-8(2)15(9(3)4)12-14-10-5-6-13-7-11(10)16-12/h5-9H,1-4H3. The van der Waals surface area contributed by atoms with E-state index in [-0.39, 0.29) is 0 Å². The molecule has 2 aromatic rings. The molecule has 2 aromatic heterocycles. The van der Waals surface area contributed by atoms with E-state index < -0.39 is 0 Å². The second-order valence-electron chi connectivity index (χ2n) is 4.43. The lowest BCUT2D eigenvalue weighted by Crippen LogP contribution is -2.36. The van der Waals surface area contributed by atoms with Gasteiger partial charge in [0, 0.05) is 24.5 Å². The number of aromatic nitrogens is 2. The van der Waals surface area contributed by atoms with Crippen molar-refractivity contribution in [1.29, 1.82) is 0 Å². The molecule has 0 unspecified atom stereocenters. The molecule has 86 valence electrons. The molecule has 0 aliphatic carbocycles. The van der Waals surface area contributed by atoms with Crippen LogP contribution in [0.15, 0.2) is 18.5 Å². The molecule has 0 atom stereocenters. The number of rotatable bonds is 3. The minimum Gasteiger partial charge on any atom is -0.343 e. The topological polar surface area (TPSA) is 29.0 Å². The molecule has 3 nitrogen and oxygen atoms in total. The zero-order valence-electron chi connectivity index (χ0n) is 10.1. The number of anilines is 1. The van der Waals surface area contributed by atoms with Gasteiger partial charge in [-0.2, -0.15) is 0 Å². The van der Waals surface area contributed by atoms with Gasteiger partial charge >= 0.3 is 0 Å². The summed E-state index contributed by atoms with van der Waals surface area (Å²) in [6, 6.07) is 2.90. The van der Waals surface area contributed by atoms with E-state index in [1.807, 2.05) is 12.3 Å². The first kappa shape index (κ1) is 11.3. The summed E-state index contributed by atoms with van der Waals surface area (Å²) in [6.07, 6.45) is 3.68. The quantitative estimate of drug-likeness (QED) is 0.817. The molecule has 16 heavy (non-hydrogen) atoms.